The molecule has 1 heterocycles. The highest BCUT2D eigenvalue weighted by Crippen LogP contribution is 2.10. The monoisotopic (exact) mass is 171 g/mol. The predicted octanol–water partition coefficient (Wildman–Crippen LogP) is 1.92. The van der Waals surface area contributed by atoms with E-state index in [2.05, 4.69) is 28.5 Å². The summed E-state index contributed by atoms with van der Waals surface area (Å²) in [5.74, 6) is 0.939. The van der Waals surface area contributed by atoms with Crippen molar-refractivity contribution in [3.05, 3.63) is 5.82 Å². The molecule has 0 aromatic carbocycles. The van der Waals surface area contributed by atoms with E-state index in [9.17, 15) is 0 Å². The first kappa shape index (κ1) is 8.46. The molecule has 62 valence electrons. The smallest absolute Gasteiger partial charge is 0.202 e. The van der Waals surface area contributed by atoms with Crippen molar-refractivity contribution in [2.75, 3.05) is 11.9 Å². The average molecular weight is 171 g/mol. The maximum Gasteiger partial charge on any atom is 0.202 e. The maximum absolute atomic E-state index is 4.26. The van der Waals surface area contributed by atoms with Crippen LogP contribution in [0.1, 0.15) is 26.1 Å². The summed E-state index contributed by atoms with van der Waals surface area (Å²) in [5.41, 5.74) is 0. The molecule has 1 N–H and O–H groups in total. The van der Waals surface area contributed by atoms with Crippen molar-refractivity contribution in [2.45, 2.75) is 26.7 Å². The van der Waals surface area contributed by atoms with E-state index < -0.39 is 0 Å². The molecule has 0 aliphatic carbocycles. The number of aryl methyl sites for hydroxylation is 1. The van der Waals surface area contributed by atoms with Gasteiger partial charge in [0.1, 0.15) is 5.82 Å². The lowest BCUT2D eigenvalue weighted by Gasteiger charge is -1.95. The van der Waals surface area contributed by atoms with Crippen LogP contribution in [-0.2, 0) is 6.42 Å². The molecule has 0 bridgehead atoms. The van der Waals surface area contributed by atoms with Gasteiger partial charge in [-0.3, -0.25) is 0 Å². The molecule has 0 fully saturated rings. The number of aromatic nitrogens is 2. The molecule has 1 aromatic rings. The van der Waals surface area contributed by atoms with Gasteiger partial charge in [-0.15, -0.1) is 0 Å². The van der Waals surface area contributed by atoms with Crippen molar-refractivity contribution in [3.8, 4) is 0 Å². The molecule has 11 heavy (non-hydrogen) atoms. The Morgan fingerprint density at radius 3 is 2.82 bits per heavy atom. The molecule has 1 rings (SSSR count). The van der Waals surface area contributed by atoms with Crippen molar-refractivity contribution in [3.63, 3.8) is 0 Å². The Hall–Kier alpha value is -0.640. The number of rotatable bonds is 4. The van der Waals surface area contributed by atoms with Gasteiger partial charge in [0.15, 0.2) is 0 Å². The van der Waals surface area contributed by atoms with E-state index in [-0.39, 0.29) is 0 Å². The highest BCUT2D eigenvalue weighted by molar-refractivity contribution is 7.09. The first-order chi connectivity index (χ1) is 5.36. The lowest BCUT2D eigenvalue weighted by atomic mass is 10.5. The van der Waals surface area contributed by atoms with Crippen LogP contribution in [0.2, 0.25) is 0 Å². The number of hydrogen-bond acceptors (Lipinski definition) is 4. The normalized spacial score (nSPS) is 10.0. The Balaban J connectivity index is 2.44. The molecule has 0 spiro atoms. The summed E-state index contributed by atoms with van der Waals surface area (Å²) in [5, 5.41) is 4.14. The van der Waals surface area contributed by atoms with Crippen LogP contribution >= 0.6 is 11.5 Å². The van der Waals surface area contributed by atoms with Crippen LogP contribution in [0.4, 0.5) is 5.13 Å². The van der Waals surface area contributed by atoms with Crippen molar-refractivity contribution in [1.29, 1.82) is 0 Å². The quantitative estimate of drug-likeness (QED) is 0.752. The minimum atomic E-state index is 0.921. The van der Waals surface area contributed by atoms with Gasteiger partial charge in [0.2, 0.25) is 5.13 Å². The molecule has 0 unspecified atom stereocenters. The van der Waals surface area contributed by atoms with E-state index in [1.807, 2.05) is 0 Å². The second-order valence-corrected chi connectivity index (χ2v) is 3.05. The van der Waals surface area contributed by atoms with Gasteiger partial charge in [-0.2, -0.15) is 4.37 Å². The van der Waals surface area contributed by atoms with Crippen LogP contribution in [0.15, 0.2) is 0 Å². The summed E-state index contributed by atoms with van der Waals surface area (Å²) in [4.78, 5) is 4.26. The van der Waals surface area contributed by atoms with Gasteiger partial charge in [0.25, 0.3) is 0 Å². The summed E-state index contributed by atoms with van der Waals surface area (Å²) in [6.07, 6.45) is 2.05. The molecule has 0 atom stereocenters. The summed E-state index contributed by atoms with van der Waals surface area (Å²) >= 11 is 1.44. The Bertz CT molecular complexity index is 209. The third-order valence-corrected chi connectivity index (χ3v) is 2.02. The summed E-state index contributed by atoms with van der Waals surface area (Å²) in [6.45, 7) is 5.18. The molecular formula is C7H13N3S. The second-order valence-electron chi connectivity index (χ2n) is 2.30. The zero-order chi connectivity index (χ0) is 8.10. The van der Waals surface area contributed by atoms with Crippen LogP contribution < -0.4 is 5.32 Å². The summed E-state index contributed by atoms with van der Waals surface area (Å²) in [6, 6.07) is 0. The lowest BCUT2D eigenvalue weighted by Crippen LogP contribution is -1.98. The highest BCUT2D eigenvalue weighted by Gasteiger charge is 1.98. The fourth-order valence-corrected chi connectivity index (χ4v) is 1.38. The fraction of sp³-hybridized carbons (Fsp3) is 0.714. The van der Waals surface area contributed by atoms with Crippen LogP contribution in [0.25, 0.3) is 0 Å². The molecule has 3 nitrogen and oxygen atoms in total. The van der Waals surface area contributed by atoms with Gasteiger partial charge < -0.3 is 5.32 Å². The topological polar surface area (TPSA) is 37.8 Å². The van der Waals surface area contributed by atoms with E-state index in [0.29, 0.717) is 0 Å². The third kappa shape index (κ3) is 2.46. The van der Waals surface area contributed by atoms with E-state index in [1.165, 1.54) is 11.5 Å². The predicted molar refractivity (Wildman–Crippen MR) is 48.1 cm³/mol. The molecule has 1 aromatic heterocycles. The van der Waals surface area contributed by atoms with Crippen molar-refractivity contribution in [2.24, 2.45) is 0 Å². The van der Waals surface area contributed by atoms with Gasteiger partial charge in [0.05, 0.1) is 0 Å². The fourth-order valence-electron chi connectivity index (χ4n) is 0.701. The van der Waals surface area contributed by atoms with Gasteiger partial charge in [-0.25, -0.2) is 4.98 Å². The molecule has 0 aliphatic heterocycles. The number of nitrogens with one attached hydrogen (secondary N) is 1. The van der Waals surface area contributed by atoms with Crippen LogP contribution in [0, 0.1) is 0 Å². The largest absolute Gasteiger partial charge is 0.360 e. The Kier molecular flexibility index (Phi) is 3.29. The first-order valence-electron chi connectivity index (χ1n) is 3.93. The summed E-state index contributed by atoms with van der Waals surface area (Å²) < 4.78 is 4.16. The van der Waals surface area contributed by atoms with Crippen LogP contribution in [0.5, 0.6) is 0 Å². The molecule has 4 heteroatoms. The molecule has 0 amide bonds. The zero-order valence-corrected chi connectivity index (χ0v) is 7.74. The third-order valence-electron chi connectivity index (χ3n) is 1.31. The highest BCUT2D eigenvalue weighted by atomic mass is 32.1. The second kappa shape index (κ2) is 4.28. The minimum absolute atomic E-state index is 0.921. The number of hydrogen-bond donors (Lipinski definition) is 1. The van der Waals surface area contributed by atoms with Gasteiger partial charge >= 0.3 is 0 Å². The average Bonchev–Trinajstić information content (AvgIpc) is 2.48. The molecule has 0 radical (unpaired) electrons. The lowest BCUT2D eigenvalue weighted by molar-refractivity contribution is 0.959. The zero-order valence-electron chi connectivity index (χ0n) is 6.92. The van der Waals surface area contributed by atoms with Gasteiger partial charge in [-0.05, 0) is 6.42 Å². The van der Waals surface area contributed by atoms with E-state index in [1.54, 1.807) is 0 Å². The molecular weight excluding hydrogens is 158 g/mol. The Morgan fingerprint density at radius 1 is 1.45 bits per heavy atom. The van der Waals surface area contributed by atoms with Crippen molar-refractivity contribution >= 4 is 16.7 Å². The van der Waals surface area contributed by atoms with E-state index in [0.717, 1.165) is 30.3 Å². The summed E-state index contributed by atoms with van der Waals surface area (Å²) in [7, 11) is 0. The minimum Gasteiger partial charge on any atom is -0.360 e. The van der Waals surface area contributed by atoms with Crippen LogP contribution in [-0.4, -0.2) is 15.9 Å². The van der Waals surface area contributed by atoms with E-state index >= 15 is 0 Å². The van der Waals surface area contributed by atoms with Crippen molar-refractivity contribution in [1.82, 2.24) is 9.36 Å². The van der Waals surface area contributed by atoms with Gasteiger partial charge in [-0.1, -0.05) is 13.8 Å². The van der Waals surface area contributed by atoms with Crippen LogP contribution in [0.3, 0.4) is 0 Å². The SMILES string of the molecule is CCCNc1nc(CC)ns1. The standard InChI is InChI=1S/C7H13N3S/c1-3-5-8-7-9-6(4-2)10-11-7/h3-5H2,1-2H3,(H,8,9,10). The number of nitrogens with zero attached hydrogens (tertiary/aromatic N) is 2. The van der Waals surface area contributed by atoms with Gasteiger partial charge in [0, 0.05) is 24.5 Å². The molecule has 0 saturated heterocycles. The van der Waals surface area contributed by atoms with E-state index in [4.69, 9.17) is 0 Å². The number of anilines is 1. The first-order valence-corrected chi connectivity index (χ1v) is 4.70. The maximum atomic E-state index is 4.26. The molecule has 0 saturated carbocycles. The Morgan fingerprint density at radius 2 is 2.27 bits per heavy atom. The van der Waals surface area contributed by atoms with Crippen molar-refractivity contribution < 1.29 is 0 Å². The Labute approximate surface area is 71.0 Å². The molecule has 0 aliphatic rings.